The van der Waals surface area contributed by atoms with Crippen LogP contribution in [0, 0.1) is 0 Å². The molecule has 84 valence electrons. The lowest BCUT2D eigenvalue weighted by Gasteiger charge is -2.23. The highest BCUT2D eigenvalue weighted by Crippen LogP contribution is 2.30. The van der Waals surface area contributed by atoms with Crippen LogP contribution in [0.3, 0.4) is 0 Å². The molecule has 0 saturated carbocycles. The normalized spacial score (nSPS) is 19.7. The third-order valence-corrected chi connectivity index (χ3v) is 4.03. The maximum atomic E-state index is 4.24. The Balaban J connectivity index is 2.04. The van der Waals surface area contributed by atoms with E-state index in [1.807, 2.05) is 11.3 Å². The largest absolute Gasteiger partial charge is 0.316 e. The number of hydrogen-bond donors (Lipinski definition) is 1. The van der Waals surface area contributed by atoms with Crippen molar-refractivity contribution in [1.29, 1.82) is 0 Å². The van der Waals surface area contributed by atoms with Gasteiger partial charge in [0.15, 0.2) is 5.82 Å². The SMILES string of the molecule is CCn1cnnc1C1NCCc2sccc21. The van der Waals surface area contributed by atoms with E-state index < -0.39 is 0 Å². The van der Waals surface area contributed by atoms with Gasteiger partial charge in [-0.1, -0.05) is 0 Å². The van der Waals surface area contributed by atoms with Crippen molar-refractivity contribution < 1.29 is 0 Å². The molecule has 1 unspecified atom stereocenters. The molecule has 3 heterocycles. The van der Waals surface area contributed by atoms with Gasteiger partial charge in [0, 0.05) is 18.0 Å². The van der Waals surface area contributed by atoms with Crippen LogP contribution in [-0.2, 0) is 13.0 Å². The topological polar surface area (TPSA) is 42.7 Å². The number of nitrogens with one attached hydrogen (secondary N) is 1. The summed E-state index contributed by atoms with van der Waals surface area (Å²) in [5.74, 6) is 1.03. The lowest BCUT2D eigenvalue weighted by Crippen LogP contribution is -2.31. The fourth-order valence-electron chi connectivity index (χ4n) is 2.21. The van der Waals surface area contributed by atoms with Crippen molar-refractivity contribution in [3.05, 3.63) is 34.0 Å². The molecule has 1 aliphatic heterocycles. The van der Waals surface area contributed by atoms with Crippen LogP contribution in [0.5, 0.6) is 0 Å². The summed E-state index contributed by atoms with van der Waals surface area (Å²) in [5.41, 5.74) is 1.37. The summed E-state index contributed by atoms with van der Waals surface area (Å²) in [6.45, 7) is 4.05. The van der Waals surface area contributed by atoms with E-state index in [0.717, 1.165) is 25.3 Å². The predicted molar refractivity (Wildman–Crippen MR) is 63.6 cm³/mol. The highest BCUT2D eigenvalue weighted by atomic mass is 32.1. The maximum absolute atomic E-state index is 4.24. The Bertz CT molecular complexity index is 488. The molecule has 16 heavy (non-hydrogen) atoms. The van der Waals surface area contributed by atoms with E-state index in [9.17, 15) is 0 Å². The van der Waals surface area contributed by atoms with Crippen LogP contribution in [0.4, 0.5) is 0 Å². The van der Waals surface area contributed by atoms with Crippen LogP contribution in [0.1, 0.15) is 29.2 Å². The van der Waals surface area contributed by atoms with Crippen molar-refractivity contribution >= 4 is 11.3 Å². The Morgan fingerprint density at radius 3 is 3.44 bits per heavy atom. The molecule has 5 heteroatoms. The number of aromatic nitrogens is 3. The van der Waals surface area contributed by atoms with Crippen LogP contribution >= 0.6 is 11.3 Å². The second-order valence-corrected chi connectivity index (χ2v) is 4.91. The van der Waals surface area contributed by atoms with Crippen LogP contribution in [-0.4, -0.2) is 21.3 Å². The first-order valence-electron chi connectivity index (χ1n) is 5.57. The smallest absolute Gasteiger partial charge is 0.154 e. The summed E-state index contributed by atoms with van der Waals surface area (Å²) < 4.78 is 2.10. The minimum Gasteiger partial charge on any atom is -0.316 e. The van der Waals surface area contributed by atoms with Crippen molar-refractivity contribution in [3.8, 4) is 0 Å². The van der Waals surface area contributed by atoms with Crippen LogP contribution < -0.4 is 5.32 Å². The number of aryl methyl sites for hydroxylation is 1. The van der Waals surface area contributed by atoms with Gasteiger partial charge in [-0.05, 0) is 30.4 Å². The van der Waals surface area contributed by atoms with Crippen LogP contribution in [0.15, 0.2) is 17.8 Å². The molecule has 1 atom stereocenters. The summed E-state index contributed by atoms with van der Waals surface area (Å²) in [4.78, 5) is 1.48. The lowest BCUT2D eigenvalue weighted by molar-refractivity contribution is 0.522. The fourth-order valence-corrected chi connectivity index (χ4v) is 3.13. The first kappa shape index (κ1) is 9.99. The van der Waals surface area contributed by atoms with Gasteiger partial charge in [-0.3, -0.25) is 0 Å². The second-order valence-electron chi connectivity index (χ2n) is 3.91. The molecule has 0 aromatic carbocycles. The van der Waals surface area contributed by atoms with Crippen LogP contribution in [0.25, 0.3) is 0 Å². The quantitative estimate of drug-likeness (QED) is 0.858. The average Bonchev–Trinajstić information content (AvgIpc) is 2.96. The molecule has 0 saturated heterocycles. The molecule has 1 aliphatic rings. The summed E-state index contributed by atoms with van der Waals surface area (Å²) >= 11 is 1.84. The van der Waals surface area contributed by atoms with Gasteiger partial charge in [0.2, 0.25) is 0 Å². The molecule has 0 radical (unpaired) electrons. The highest BCUT2D eigenvalue weighted by molar-refractivity contribution is 7.10. The Morgan fingerprint density at radius 2 is 2.56 bits per heavy atom. The standard InChI is InChI=1S/C11H14N4S/c1-2-15-7-13-14-11(15)10-8-4-6-16-9(8)3-5-12-10/h4,6-7,10,12H,2-3,5H2,1H3. The second kappa shape index (κ2) is 3.99. The summed E-state index contributed by atoms with van der Waals surface area (Å²) in [6, 6.07) is 2.42. The first-order chi connectivity index (χ1) is 7.90. The van der Waals surface area contributed by atoms with E-state index in [2.05, 4.69) is 38.5 Å². The minimum absolute atomic E-state index is 0.220. The lowest BCUT2D eigenvalue weighted by atomic mass is 10.0. The average molecular weight is 234 g/mol. The molecule has 0 aliphatic carbocycles. The zero-order valence-electron chi connectivity index (χ0n) is 9.18. The number of nitrogens with zero attached hydrogens (tertiary/aromatic N) is 3. The van der Waals surface area contributed by atoms with E-state index in [0.29, 0.717) is 0 Å². The molecule has 0 amide bonds. The zero-order chi connectivity index (χ0) is 11.0. The minimum atomic E-state index is 0.220. The monoisotopic (exact) mass is 234 g/mol. The first-order valence-corrected chi connectivity index (χ1v) is 6.45. The predicted octanol–water partition coefficient (Wildman–Crippen LogP) is 1.59. The Labute approximate surface area is 98.3 Å². The zero-order valence-corrected chi connectivity index (χ0v) is 10.00. The van der Waals surface area contributed by atoms with Gasteiger partial charge in [0.05, 0.1) is 6.04 Å². The van der Waals surface area contributed by atoms with Crippen molar-refractivity contribution in [2.75, 3.05) is 6.54 Å². The summed E-state index contributed by atoms with van der Waals surface area (Å²) in [5, 5.41) is 13.9. The molecule has 0 fully saturated rings. The third-order valence-electron chi connectivity index (χ3n) is 3.04. The molecule has 4 nitrogen and oxygen atoms in total. The van der Waals surface area contributed by atoms with Crippen molar-refractivity contribution in [2.24, 2.45) is 0 Å². The number of hydrogen-bond acceptors (Lipinski definition) is 4. The van der Waals surface area contributed by atoms with Crippen molar-refractivity contribution in [2.45, 2.75) is 25.9 Å². The van der Waals surface area contributed by atoms with Gasteiger partial charge in [-0.25, -0.2) is 0 Å². The molecule has 0 bridgehead atoms. The van der Waals surface area contributed by atoms with Crippen LogP contribution in [0.2, 0.25) is 0 Å². The molecule has 2 aromatic heterocycles. The number of fused-ring (bicyclic) bond motifs is 1. The van der Waals surface area contributed by atoms with E-state index in [-0.39, 0.29) is 6.04 Å². The van der Waals surface area contributed by atoms with Gasteiger partial charge in [-0.2, -0.15) is 0 Å². The molecular weight excluding hydrogens is 220 g/mol. The van der Waals surface area contributed by atoms with E-state index in [1.54, 1.807) is 6.33 Å². The van der Waals surface area contributed by atoms with Gasteiger partial charge >= 0.3 is 0 Å². The van der Waals surface area contributed by atoms with E-state index >= 15 is 0 Å². The van der Waals surface area contributed by atoms with E-state index in [1.165, 1.54) is 10.4 Å². The van der Waals surface area contributed by atoms with Gasteiger partial charge in [0.25, 0.3) is 0 Å². The van der Waals surface area contributed by atoms with Gasteiger partial charge < -0.3 is 9.88 Å². The Kier molecular flexibility index (Phi) is 2.49. The Hall–Kier alpha value is -1.20. The molecule has 2 aromatic rings. The van der Waals surface area contributed by atoms with E-state index in [4.69, 9.17) is 0 Å². The van der Waals surface area contributed by atoms with Gasteiger partial charge in [-0.15, -0.1) is 21.5 Å². The molecule has 1 N–H and O–H groups in total. The summed E-state index contributed by atoms with van der Waals surface area (Å²) in [6.07, 6.45) is 2.93. The molecule has 3 rings (SSSR count). The number of thiophene rings is 1. The Morgan fingerprint density at radius 1 is 1.62 bits per heavy atom. The maximum Gasteiger partial charge on any atom is 0.154 e. The van der Waals surface area contributed by atoms with Gasteiger partial charge in [0.1, 0.15) is 6.33 Å². The van der Waals surface area contributed by atoms with Crippen molar-refractivity contribution in [1.82, 2.24) is 20.1 Å². The third kappa shape index (κ3) is 1.47. The number of rotatable bonds is 2. The van der Waals surface area contributed by atoms with Crippen molar-refractivity contribution in [3.63, 3.8) is 0 Å². The highest BCUT2D eigenvalue weighted by Gasteiger charge is 2.25. The fraction of sp³-hybridized carbons (Fsp3) is 0.455. The molecular formula is C11H14N4S. The molecule has 0 spiro atoms. The summed E-state index contributed by atoms with van der Waals surface area (Å²) in [7, 11) is 0.